The third-order valence-electron chi connectivity index (χ3n) is 4.50. The second-order valence-corrected chi connectivity index (χ2v) is 7.70. The van der Waals surface area contributed by atoms with Crippen LogP contribution in [0.15, 0.2) is 45.7 Å². The average molecular weight is 382 g/mol. The number of ether oxygens (including phenoxy) is 2. The minimum Gasteiger partial charge on any atom is -0.486 e. The highest BCUT2D eigenvalue weighted by molar-refractivity contribution is 8.00. The summed E-state index contributed by atoms with van der Waals surface area (Å²) in [5, 5.41) is 2.92. The molecule has 1 N–H and O–H groups in total. The first-order valence-electron chi connectivity index (χ1n) is 8.97. The van der Waals surface area contributed by atoms with Crippen LogP contribution < -0.4 is 14.8 Å². The normalized spacial score (nSPS) is 15.7. The largest absolute Gasteiger partial charge is 0.486 e. The number of fused-ring (bicyclic) bond motifs is 2. The molecule has 1 saturated carbocycles. The standard InChI is InChI=1S/C20H18N2O4S/c23-19(11-27-14-4-6-17-18(10-14)25-8-7-24-17)21-13-3-5-16-15(9-13)22-20(26-16)12-1-2-12/h3-6,9-10,12H,1-2,7-8,11H2,(H,21,23). The van der Waals surface area contributed by atoms with Gasteiger partial charge in [0, 0.05) is 16.5 Å². The molecule has 2 aromatic carbocycles. The second kappa shape index (κ2) is 6.81. The Balaban J connectivity index is 1.22. The predicted molar refractivity (Wildman–Crippen MR) is 103 cm³/mol. The van der Waals surface area contributed by atoms with Gasteiger partial charge in [-0.3, -0.25) is 4.79 Å². The number of hydrogen-bond donors (Lipinski definition) is 1. The van der Waals surface area contributed by atoms with E-state index in [1.54, 1.807) is 0 Å². The van der Waals surface area contributed by atoms with Crippen molar-refractivity contribution in [3.63, 3.8) is 0 Å². The minimum atomic E-state index is -0.0693. The number of amides is 1. The van der Waals surface area contributed by atoms with Gasteiger partial charge in [0.15, 0.2) is 23.0 Å². The van der Waals surface area contributed by atoms with Crippen molar-refractivity contribution in [2.24, 2.45) is 0 Å². The number of rotatable bonds is 5. The number of aromatic nitrogens is 1. The number of anilines is 1. The Kier molecular flexibility index (Phi) is 4.16. The van der Waals surface area contributed by atoms with Crippen LogP contribution in [0.4, 0.5) is 5.69 Å². The van der Waals surface area contributed by atoms with E-state index in [-0.39, 0.29) is 5.91 Å². The summed E-state index contributed by atoms with van der Waals surface area (Å²) in [5.74, 6) is 3.00. The number of oxazole rings is 1. The molecule has 1 amide bonds. The molecule has 1 fully saturated rings. The van der Waals surface area contributed by atoms with E-state index < -0.39 is 0 Å². The van der Waals surface area contributed by atoms with Crippen molar-refractivity contribution >= 4 is 34.5 Å². The molecule has 7 heteroatoms. The van der Waals surface area contributed by atoms with E-state index >= 15 is 0 Å². The number of thioether (sulfide) groups is 1. The highest BCUT2D eigenvalue weighted by atomic mass is 32.2. The molecule has 138 valence electrons. The van der Waals surface area contributed by atoms with Crippen molar-refractivity contribution in [2.45, 2.75) is 23.7 Å². The molecule has 5 rings (SSSR count). The average Bonchev–Trinajstić information content (AvgIpc) is 3.46. The van der Waals surface area contributed by atoms with Gasteiger partial charge in [0.1, 0.15) is 18.7 Å². The number of nitrogens with one attached hydrogen (secondary N) is 1. The van der Waals surface area contributed by atoms with Crippen LogP contribution in [0.25, 0.3) is 11.1 Å². The quantitative estimate of drug-likeness (QED) is 0.667. The molecule has 0 spiro atoms. The van der Waals surface area contributed by atoms with E-state index in [9.17, 15) is 4.79 Å². The SMILES string of the molecule is O=C(CSc1ccc2c(c1)OCCO2)Nc1ccc2oc(C3CC3)nc2c1. The van der Waals surface area contributed by atoms with Crippen molar-refractivity contribution < 1.29 is 18.7 Å². The zero-order valence-corrected chi connectivity index (χ0v) is 15.4. The van der Waals surface area contributed by atoms with Crippen molar-refractivity contribution in [3.05, 3.63) is 42.3 Å². The van der Waals surface area contributed by atoms with Crippen molar-refractivity contribution in [3.8, 4) is 11.5 Å². The molecule has 0 bridgehead atoms. The number of hydrogen-bond acceptors (Lipinski definition) is 6. The van der Waals surface area contributed by atoms with E-state index in [1.807, 2.05) is 36.4 Å². The fourth-order valence-corrected chi connectivity index (χ4v) is 3.71. The van der Waals surface area contributed by atoms with Crippen molar-refractivity contribution in [2.75, 3.05) is 24.3 Å². The first-order valence-corrected chi connectivity index (χ1v) is 9.96. The van der Waals surface area contributed by atoms with Crippen LogP contribution in [-0.2, 0) is 4.79 Å². The summed E-state index contributed by atoms with van der Waals surface area (Å²) in [5.41, 5.74) is 2.28. The van der Waals surface area contributed by atoms with Gasteiger partial charge in [0.2, 0.25) is 5.91 Å². The van der Waals surface area contributed by atoms with Crippen molar-refractivity contribution in [1.82, 2.24) is 4.98 Å². The maximum absolute atomic E-state index is 12.3. The Bertz CT molecular complexity index is 1010. The van der Waals surface area contributed by atoms with E-state index in [0.29, 0.717) is 24.9 Å². The topological polar surface area (TPSA) is 73.6 Å². The van der Waals surface area contributed by atoms with Crippen LogP contribution in [0, 0.1) is 0 Å². The van der Waals surface area contributed by atoms with E-state index in [1.165, 1.54) is 11.8 Å². The van der Waals surface area contributed by atoms with Gasteiger partial charge in [-0.2, -0.15) is 0 Å². The van der Waals surface area contributed by atoms with E-state index in [2.05, 4.69) is 10.3 Å². The predicted octanol–water partition coefficient (Wildman–Crippen LogP) is 4.21. The molecule has 1 aromatic heterocycles. The van der Waals surface area contributed by atoms with Crippen LogP contribution in [0.1, 0.15) is 24.7 Å². The van der Waals surface area contributed by atoms with Gasteiger partial charge in [-0.05, 0) is 49.2 Å². The molecule has 0 radical (unpaired) electrons. The van der Waals surface area contributed by atoms with Crippen LogP contribution in [0.5, 0.6) is 11.5 Å². The third-order valence-corrected chi connectivity index (χ3v) is 5.49. The van der Waals surface area contributed by atoms with E-state index in [4.69, 9.17) is 13.9 Å². The first-order chi connectivity index (χ1) is 13.2. The summed E-state index contributed by atoms with van der Waals surface area (Å²) in [6.45, 7) is 1.12. The lowest BCUT2D eigenvalue weighted by molar-refractivity contribution is -0.113. The van der Waals surface area contributed by atoms with Crippen LogP contribution in [0.3, 0.4) is 0 Å². The molecule has 1 aliphatic carbocycles. The Morgan fingerprint density at radius 1 is 1.11 bits per heavy atom. The van der Waals surface area contributed by atoms with Gasteiger partial charge in [0.05, 0.1) is 5.75 Å². The summed E-state index contributed by atoms with van der Waals surface area (Å²) in [7, 11) is 0. The highest BCUT2D eigenvalue weighted by Gasteiger charge is 2.28. The third kappa shape index (κ3) is 3.60. The van der Waals surface area contributed by atoms with Gasteiger partial charge in [-0.25, -0.2) is 4.98 Å². The summed E-state index contributed by atoms with van der Waals surface area (Å²) in [6, 6.07) is 11.3. The number of nitrogens with zero attached hydrogens (tertiary/aromatic N) is 1. The zero-order chi connectivity index (χ0) is 18.2. The molecule has 6 nitrogen and oxygen atoms in total. The molecular weight excluding hydrogens is 364 g/mol. The molecule has 1 aliphatic heterocycles. The molecule has 0 saturated heterocycles. The number of carbonyl (C=O) groups excluding carboxylic acids is 1. The van der Waals surface area contributed by atoms with Crippen LogP contribution >= 0.6 is 11.8 Å². The first kappa shape index (κ1) is 16.5. The van der Waals surface area contributed by atoms with E-state index in [0.717, 1.165) is 51.9 Å². The summed E-state index contributed by atoms with van der Waals surface area (Å²) in [4.78, 5) is 17.8. The number of carbonyl (C=O) groups is 1. The van der Waals surface area contributed by atoms with Gasteiger partial charge >= 0.3 is 0 Å². The maximum atomic E-state index is 12.3. The Hall–Kier alpha value is -2.67. The molecule has 27 heavy (non-hydrogen) atoms. The number of benzene rings is 2. The lowest BCUT2D eigenvalue weighted by Crippen LogP contribution is -2.15. The van der Waals surface area contributed by atoms with Gasteiger partial charge < -0.3 is 19.2 Å². The Morgan fingerprint density at radius 2 is 1.96 bits per heavy atom. The smallest absolute Gasteiger partial charge is 0.234 e. The van der Waals surface area contributed by atoms with Gasteiger partial charge in [0.25, 0.3) is 0 Å². The maximum Gasteiger partial charge on any atom is 0.234 e. The fraction of sp³-hybridized carbons (Fsp3) is 0.300. The lowest BCUT2D eigenvalue weighted by Gasteiger charge is -2.18. The van der Waals surface area contributed by atoms with Crippen molar-refractivity contribution in [1.29, 1.82) is 0 Å². The van der Waals surface area contributed by atoms with Crippen LogP contribution in [0.2, 0.25) is 0 Å². The molecule has 3 aromatic rings. The molecular formula is C20H18N2O4S. The summed E-state index contributed by atoms with van der Waals surface area (Å²) < 4.78 is 16.8. The monoisotopic (exact) mass is 382 g/mol. The fourth-order valence-electron chi connectivity index (χ4n) is 2.99. The summed E-state index contributed by atoms with van der Waals surface area (Å²) >= 11 is 1.46. The Labute approximate surface area is 160 Å². The second-order valence-electron chi connectivity index (χ2n) is 6.65. The van der Waals surface area contributed by atoms with Gasteiger partial charge in [-0.15, -0.1) is 11.8 Å². The molecule has 0 atom stereocenters. The summed E-state index contributed by atoms with van der Waals surface area (Å²) in [6.07, 6.45) is 2.29. The zero-order valence-electron chi connectivity index (χ0n) is 14.6. The lowest BCUT2D eigenvalue weighted by atomic mass is 10.3. The Morgan fingerprint density at radius 3 is 2.81 bits per heavy atom. The minimum absolute atomic E-state index is 0.0693. The molecule has 0 unspecified atom stereocenters. The van der Waals surface area contributed by atoms with Crippen LogP contribution in [-0.4, -0.2) is 29.9 Å². The molecule has 2 aliphatic rings. The highest BCUT2D eigenvalue weighted by Crippen LogP contribution is 2.40. The van der Waals surface area contributed by atoms with Gasteiger partial charge in [-0.1, -0.05) is 0 Å². The molecule has 2 heterocycles.